The van der Waals surface area contributed by atoms with Crippen LogP contribution in [0.3, 0.4) is 0 Å². The molecule has 0 saturated carbocycles. The third kappa shape index (κ3) is 4.72. The summed E-state index contributed by atoms with van der Waals surface area (Å²) in [5.74, 6) is 1.91. The van der Waals surface area contributed by atoms with Crippen LogP contribution >= 0.6 is 0 Å². The number of methoxy groups -OCH3 is 3. The molecule has 2 amide bonds. The third-order valence-corrected chi connectivity index (χ3v) is 6.28. The maximum absolute atomic E-state index is 13.0. The van der Waals surface area contributed by atoms with Crippen LogP contribution in [0.1, 0.15) is 35.5 Å². The second kappa shape index (κ2) is 10.2. The topological polar surface area (TPSA) is 99.0 Å². The van der Waals surface area contributed by atoms with E-state index in [4.69, 9.17) is 23.7 Å². The van der Waals surface area contributed by atoms with E-state index in [2.05, 4.69) is 23.5 Å². The minimum Gasteiger partial charge on any atom is -0.493 e. The number of carbonyl (C=O) groups excluding carboxylic acids is 1. The number of benzene rings is 2. The fourth-order valence-electron chi connectivity index (χ4n) is 4.13. The lowest BCUT2D eigenvalue weighted by Crippen LogP contribution is -2.47. The van der Waals surface area contributed by atoms with Crippen molar-refractivity contribution in [1.29, 1.82) is 0 Å². The molecule has 0 fully saturated rings. The van der Waals surface area contributed by atoms with Gasteiger partial charge in [-0.3, -0.25) is 4.90 Å². The van der Waals surface area contributed by atoms with Gasteiger partial charge < -0.3 is 24.1 Å². The van der Waals surface area contributed by atoms with Crippen LogP contribution < -0.4 is 14.8 Å². The number of aryl methyl sites for hydroxylation is 2. The Kier molecular flexibility index (Phi) is 7.07. The van der Waals surface area contributed by atoms with Gasteiger partial charge in [-0.25, -0.2) is 4.79 Å². The molecule has 2 heterocycles. The van der Waals surface area contributed by atoms with Gasteiger partial charge in [0.15, 0.2) is 11.5 Å². The van der Waals surface area contributed by atoms with Gasteiger partial charge in [0.25, 0.3) is 5.89 Å². The highest BCUT2D eigenvalue weighted by Crippen LogP contribution is 2.38. The molecule has 1 unspecified atom stereocenters. The first-order valence-corrected chi connectivity index (χ1v) is 11.3. The Hall–Kier alpha value is -3.85. The van der Waals surface area contributed by atoms with E-state index < -0.39 is 6.04 Å². The highest BCUT2D eigenvalue weighted by molar-refractivity contribution is 5.87. The van der Waals surface area contributed by atoms with Gasteiger partial charge in [0.05, 0.1) is 39.0 Å². The molecular formula is C26H30N4O5. The number of amides is 2. The molecule has 0 aliphatic carbocycles. The Morgan fingerprint density at radius 1 is 1.00 bits per heavy atom. The minimum absolute atomic E-state index is 0.203. The van der Waals surface area contributed by atoms with E-state index in [9.17, 15) is 4.79 Å². The largest absolute Gasteiger partial charge is 0.493 e. The zero-order chi connectivity index (χ0) is 25.1. The Balaban J connectivity index is 1.80. The quantitative estimate of drug-likeness (QED) is 0.508. The Bertz CT molecular complexity index is 1270. The number of ether oxygens (including phenoxy) is 3. The summed E-state index contributed by atoms with van der Waals surface area (Å²) >= 11 is 0. The highest BCUT2D eigenvalue weighted by atomic mass is 16.5. The number of hydrogen-bond donors (Lipinski definition) is 1. The summed E-state index contributed by atoms with van der Waals surface area (Å²) in [7, 11) is 4.76. The van der Waals surface area contributed by atoms with E-state index >= 15 is 0 Å². The van der Waals surface area contributed by atoms with Crippen molar-refractivity contribution in [2.45, 2.75) is 26.8 Å². The summed E-state index contributed by atoms with van der Waals surface area (Å²) in [4.78, 5) is 19.3. The smallest absolute Gasteiger partial charge is 0.322 e. The van der Waals surface area contributed by atoms with E-state index in [0.29, 0.717) is 36.4 Å². The zero-order valence-corrected chi connectivity index (χ0v) is 20.8. The lowest BCUT2D eigenvalue weighted by Gasteiger charge is -2.35. The van der Waals surface area contributed by atoms with Crippen LogP contribution in [0, 0.1) is 13.8 Å². The molecule has 35 heavy (non-hydrogen) atoms. The molecule has 1 N–H and O–H groups in total. The van der Waals surface area contributed by atoms with Gasteiger partial charge in [0.1, 0.15) is 0 Å². The Morgan fingerprint density at radius 2 is 1.77 bits per heavy atom. The third-order valence-electron chi connectivity index (χ3n) is 6.28. The van der Waals surface area contributed by atoms with Crippen molar-refractivity contribution in [3.05, 3.63) is 64.7 Å². The molecule has 1 aliphatic rings. The minimum atomic E-state index is -0.445. The number of rotatable bonds is 8. The first-order valence-electron chi connectivity index (χ1n) is 11.3. The van der Waals surface area contributed by atoms with Crippen LogP contribution in [0.5, 0.6) is 11.5 Å². The summed E-state index contributed by atoms with van der Waals surface area (Å²) < 4.78 is 21.7. The first kappa shape index (κ1) is 24.3. The van der Waals surface area contributed by atoms with E-state index in [1.165, 1.54) is 5.56 Å². The number of urea groups is 1. The molecule has 0 radical (unpaired) electrons. The molecule has 0 bridgehead atoms. The number of nitrogens with zero attached hydrogens (tertiary/aromatic N) is 3. The maximum atomic E-state index is 13.0. The molecule has 1 atom stereocenters. The fourth-order valence-corrected chi connectivity index (χ4v) is 4.13. The molecular weight excluding hydrogens is 448 g/mol. The maximum Gasteiger partial charge on any atom is 0.322 e. The number of aromatic nitrogens is 2. The van der Waals surface area contributed by atoms with Crippen molar-refractivity contribution in [3.63, 3.8) is 0 Å². The lowest BCUT2D eigenvalue weighted by atomic mass is 9.92. The summed E-state index contributed by atoms with van der Waals surface area (Å²) in [5, 5.41) is 7.33. The van der Waals surface area contributed by atoms with Crippen molar-refractivity contribution in [2.24, 2.45) is 0 Å². The first-order chi connectivity index (χ1) is 16.9. The second-order valence-electron chi connectivity index (χ2n) is 8.36. The predicted octanol–water partition coefficient (Wildman–Crippen LogP) is 4.51. The van der Waals surface area contributed by atoms with Crippen molar-refractivity contribution in [3.8, 4) is 22.9 Å². The van der Waals surface area contributed by atoms with Crippen molar-refractivity contribution >= 4 is 11.6 Å². The average molecular weight is 479 g/mol. The molecule has 3 aromatic rings. The Morgan fingerprint density at radius 3 is 2.46 bits per heavy atom. The normalized spacial score (nSPS) is 15.9. The second-order valence-corrected chi connectivity index (χ2v) is 8.36. The molecule has 1 aliphatic heterocycles. The highest BCUT2D eigenvalue weighted by Gasteiger charge is 2.35. The van der Waals surface area contributed by atoms with Gasteiger partial charge >= 0.3 is 6.03 Å². The lowest BCUT2D eigenvalue weighted by molar-refractivity contribution is 0.158. The van der Waals surface area contributed by atoms with Crippen molar-refractivity contribution < 1.29 is 23.5 Å². The van der Waals surface area contributed by atoms with Gasteiger partial charge in [0, 0.05) is 18.4 Å². The van der Waals surface area contributed by atoms with E-state index in [1.54, 1.807) is 38.4 Å². The van der Waals surface area contributed by atoms with Gasteiger partial charge in [-0.2, -0.15) is 4.98 Å². The zero-order valence-electron chi connectivity index (χ0n) is 20.8. The molecule has 4 rings (SSSR count). The van der Waals surface area contributed by atoms with Crippen LogP contribution in [0.25, 0.3) is 17.0 Å². The van der Waals surface area contributed by atoms with Crippen LogP contribution in [-0.4, -0.2) is 55.6 Å². The summed E-state index contributed by atoms with van der Waals surface area (Å²) in [6.07, 6.45) is 0. The fraction of sp³-hybridized carbons (Fsp3) is 0.346. The van der Waals surface area contributed by atoms with Crippen molar-refractivity contribution in [2.75, 3.05) is 34.5 Å². The molecule has 0 spiro atoms. The molecule has 184 valence electrons. The standard InChI is InChI=1S/C26H30N4O5/c1-15-7-8-18(13-16(15)2)23-22(17(3)30(11-12-32-4)26(31)27-23)25-28-24(29-35-25)19-9-10-20(33-5)21(14-19)34-6/h7-10,13-14,23H,11-12H2,1-6H3,(H,27,31). The van der Waals surface area contributed by atoms with Gasteiger partial charge in [-0.15, -0.1) is 0 Å². The molecule has 0 saturated heterocycles. The molecule has 9 nitrogen and oxygen atoms in total. The monoisotopic (exact) mass is 478 g/mol. The predicted molar refractivity (Wildman–Crippen MR) is 131 cm³/mol. The number of allylic oxidation sites excluding steroid dienone is 1. The van der Waals surface area contributed by atoms with E-state index in [-0.39, 0.29) is 6.03 Å². The SMILES string of the molecule is COCCN1C(=O)NC(c2ccc(C)c(C)c2)C(c2nc(-c3ccc(OC)c(OC)c3)no2)=C1C. The van der Waals surface area contributed by atoms with Crippen molar-refractivity contribution in [1.82, 2.24) is 20.4 Å². The van der Waals surface area contributed by atoms with Crippen LogP contribution in [-0.2, 0) is 4.74 Å². The molecule has 1 aromatic heterocycles. The molecule has 9 heteroatoms. The molecule has 2 aromatic carbocycles. The number of carbonyl (C=O) groups is 1. The van der Waals surface area contributed by atoms with Gasteiger partial charge in [0.2, 0.25) is 5.82 Å². The van der Waals surface area contributed by atoms with Gasteiger partial charge in [-0.1, -0.05) is 23.4 Å². The number of hydrogen-bond acceptors (Lipinski definition) is 7. The van der Waals surface area contributed by atoms with E-state index in [0.717, 1.165) is 28.0 Å². The van der Waals surface area contributed by atoms with Crippen LogP contribution in [0.4, 0.5) is 4.79 Å². The van der Waals surface area contributed by atoms with Crippen LogP contribution in [0.2, 0.25) is 0 Å². The summed E-state index contributed by atoms with van der Waals surface area (Å²) in [6, 6.07) is 10.9. The number of nitrogens with one attached hydrogen (secondary N) is 1. The van der Waals surface area contributed by atoms with Crippen LogP contribution in [0.15, 0.2) is 46.6 Å². The van der Waals surface area contributed by atoms with E-state index in [1.807, 2.05) is 32.0 Å². The van der Waals surface area contributed by atoms with Gasteiger partial charge in [-0.05, 0) is 55.7 Å². The average Bonchev–Trinajstić information content (AvgIpc) is 3.34. The Labute approximate surface area is 204 Å². The summed E-state index contributed by atoms with van der Waals surface area (Å²) in [6.45, 7) is 6.78. The summed E-state index contributed by atoms with van der Waals surface area (Å²) in [5.41, 5.74) is 5.43.